The van der Waals surface area contributed by atoms with E-state index in [-0.39, 0.29) is 29.6 Å². The first kappa shape index (κ1) is 18.5. The topological polar surface area (TPSA) is 96.3 Å². The summed E-state index contributed by atoms with van der Waals surface area (Å²) < 4.78 is 1.43. The quantitative estimate of drug-likeness (QED) is 0.732. The van der Waals surface area contributed by atoms with Crippen molar-refractivity contribution < 1.29 is 14.7 Å². The van der Waals surface area contributed by atoms with Crippen LogP contribution in [0.25, 0.3) is 11.3 Å². The van der Waals surface area contributed by atoms with Gasteiger partial charge in [0, 0.05) is 35.2 Å². The summed E-state index contributed by atoms with van der Waals surface area (Å²) in [6.45, 7) is 3.82. The molecule has 1 aromatic carbocycles. The summed E-state index contributed by atoms with van der Waals surface area (Å²) in [4.78, 5) is 24.5. The third-order valence-electron chi connectivity index (χ3n) is 5.35. The van der Waals surface area contributed by atoms with E-state index in [1.54, 1.807) is 12.1 Å². The summed E-state index contributed by atoms with van der Waals surface area (Å²) in [6, 6.07) is 6.67. The van der Waals surface area contributed by atoms with Gasteiger partial charge >= 0.3 is 6.03 Å². The molecule has 0 atom stereocenters. The van der Waals surface area contributed by atoms with Gasteiger partial charge in [0.25, 0.3) is 0 Å². The molecule has 0 aliphatic heterocycles. The number of hydrogen-bond donors (Lipinski definition) is 3. The molecule has 1 heterocycles. The van der Waals surface area contributed by atoms with Crippen LogP contribution in [0, 0.1) is 5.92 Å². The Hall–Kier alpha value is -2.83. The number of rotatable bonds is 5. The van der Waals surface area contributed by atoms with Crippen LogP contribution >= 0.6 is 0 Å². The second kappa shape index (κ2) is 7.30. The molecule has 1 aromatic heterocycles. The summed E-state index contributed by atoms with van der Waals surface area (Å²) in [7, 11) is 0. The van der Waals surface area contributed by atoms with Crippen LogP contribution in [0.2, 0.25) is 0 Å². The molecule has 0 unspecified atom stereocenters. The maximum Gasteiger partial charge on any atom is 0.342 e. The number of aromatic hydroxyl groups is 1. The van der Waals surface area contributed by atoms with Crippen molar-refractivity contribution in [3.63, 3.8) is 0 Å². The first-order chi connectivity index (χ1) is 13.4. The molecule has 4 rings (SSSR count). The van der Waals surface area contributed by atoms with Crippen molar-refractivity contribution in [2.45, 2.75) is 57.9 Å². The molecule has 2 amide bonds. The lowest BCUT2D eigenvalue weighted by molar-refractivity contribution is -0.117. The SMILES string of the molecule is CC(C)NC(=O)n1nc(-c2ccc(NC(=O)C3CC3)cc2O)cc1C1CCC1. The van der Waals surface area contributed by atoms with E-state index in [0.29, 0.717) is 22.9 Å². The largest absolute Gasteiger partial charge is 0.507 e. The second-order valence-corrected chi connectivity index (χ2v) is 8.09. The lowest BCUT2D eigenvalue weighted by atomic mass is 9.82. The molecule has 2 aliphatic carbocycles. The van der Waals surface area contributed by atoms with Gasteiger partial charge in [0.2, 0.25) is 5.91 Å². The highest BCUT2D eigenvalue weighted by Gasteiger charge is 2.30. The van der Waals surface area contributed by atoms with Crippen LogP contribution in [-0.2, 0) is 4.79 Å². The molecule has 148 valence electrons. The van der Waals surface area contributed by atoms with Crippen molar-refractivity contribution in [2.75, 3.05) is 5.32 Å². The highest BCUT2D eigenvalue weighted by molar-refractivity contribution is 5.94. The molecular weight excluding hydrogens is 356 g/mol. The predicted molar refractivity (Wildman–Crippen MR) is 106 cm³/mol. The van der Waals surface area contributed by atoms with Gasteiger partial charge in [0.15, 0.2) is 0 Å². The molecule has 7 nitrogen and oxygen atoms in total. The van der Waals surface area contributed by atoms with Crippen molar-refractivity contribution in [1.82, 2.24) is 15.1 Å². The van der Waals surface area contributed by atoms with Gasteiger partial charge in [0.1, 0.15) is 5.75 Å². The van der Waals surface area contributed by atoms with E-state index in [1.165, 1.54) is 10.7 Å². The van der Waals surface area contributed by atoms with E-state index >= 15 is 0 Å². The van der Waals surface area contributed by atoms with Crippen LogP contribution in [0.5, 0.6) is 5.75 Å². The Morgan fingerprint density at radius 1 is 1.18 bits per heavy atom. The van der Waals surface area contributed by atoms with Gasteiger partial charge < -0.3 is 15.7 Å². The first-order valence-corrected chi connectivity index (χ1v) is 9.97. The fraction of sp³-hybridized carbons (Fsp3) is 0.476. The lowest BCUT2D eigenvalue weighted by Gasteiger charge is -2.25. The Bertz CT molecular complexity index is 910. The minimum absolute atomic E-state index is 0.00551. The molecule has 28 heavy (non-hydrogen) atoms. The molecular formula is C21H26N4O3. The van der Waals surface area contributed by atoms with E-state index in [0.717, 1.165) is 37.8 Å². The van der Waals surface area contributed by atoms with Crippen LogP contribution in [0.15, 0.2) is 24.3 Å². The van der Waals surface area contributed by atoms with E-state index in [1.807, 2.05) is 19.9 Å². The molecule has 0 spiro atoms. The van der Waals surface area contributed by atoms with E-state index in [4.69, 9.17) is 0 Å². The van der Waals surface area contributed by atoms with E-state index < -0.39 is 0 Å². The average molecular weight is 382 g/mol. The Morgan fingerprint density at radius 3 is 2.50 bits per heavy atom. The van der Waals surface area contributed by atoms with Gasteiger partial charge in [-0.3, -0.25) is 4.79 Å². The maximum atomic E-state index is 12.6. The van der Waals surface area contributed by atoms with E-state index in [9.17, 15) is 14.7 Å². The van der Waals surface area contributed by atoms with Gasteiger partial charge in [-0.2, -0.15) is 9.78 Å². The number of phenolic OH excluding ortho intramolecular Hbond substituents is 1. The summed E-state index contributed by atoms with van der Waals surface area (Å²) in [5, 5.41) is 20.7. The minimum Gasteiger partial charge on any atom is -0.507 e. The molecule has 0 saturated heterocycles. The van der Waals surface area contributed by atoms with Crippen LogP contribution in [0.4, 0.5) is 10.5 Å². The monoisotopic (exact) mass is 382 g/mol. The summed E-state index contributed by atoms with van der Waals surface area (Å²) in [5.41, 5.74) is 2.54. The smallest absolute Gasteiger partial charge is 0.342 e. The Labute approximate surface area is 164 Å². The zero-order chi connectivity index (χ0) is 19.8. The average Bonchev–Trinajstić information content (AvgIpc) is 3.34. The minimum atomic E-state index is -0.254. The number of nitrogens with one attached hydrogen (secondary N) is 2. The van der Waals surface area contributed by atoms with Gasteiger partial charge in [-0.25, -0.2) is 4.79 Å². The molecule has 3 N–H and O–H groups in total. The number of benzene rings is 1. The number of carbonyl (C=O) groups excluding carboxylic acids is 2. The number of hydrogen-bond acceptors (Lipinski definition) is 4. The normalized spacial score (nSPS) is 16.7. The second-order valence-electron chi connectivity index (χ2n) is 8.09. The van der Waals surface area contributed by atoms with Crippen LogP contribution < -0.4 is 10.6 Å². The van der Waals surface area contributed by atoms with Crippen LogP contribution in [0.1, 0.15) is 57.6 Å². The number of anilines is 1. The molecule has 2 fully saturated rings. The molecule has 2 aliphatic rings. The molecule has 7 heteroatoms. The molecule has 2 aromatic rings. The fourth-order valence-electron chi connectivity index (χ4n) is 3.41. The van der Waals surface area contributed by atoms with Gasteiger partial charge in [-0.1, -0.05) is 6.42 Å². The Kier molecular flexibility index (Phi) is 4.83. The van der Waals surface area contributed by atoms with Crippen LogP contribution in [0.3, 0.4) is 0 Å². The van der Waals surface area contributed by atoms with Crippen molar-refractivity contribution in [1.29, 1.82) is 0 Å². The maximum absolute atomic E-state index is 12.6. The highest BCUT2D eigenvalue weighted by Crippen LogP contribution is 2.39. The molecule has 0 bridgehead atoms. The lowest BCUT2D eigenvalue weighted by Crippen LogP contribution is -2.36. The number of phenols is 1. The van der Waals surface area contributed by atoms with Gasteiger partial charge in [0.05, 0.1) is 11.4 Å². The predicted octanol–water partition coefficient (Wildman–Crippen LogP) is 3.84. The Balaban J connectivity index is 1.61. The number of carbonyl (C=O) groups is 2. The standard InChI is InChI=1S/C21H26N4O3/c1-12(2)22-21(28)25-18(13-4-3-5-13)11-17(24-25)16-9-8-15(10-19(16)26)23-20(27)14-6-7-14/h8-14,26H,3-7H2,1-2H3,(H,22,28)(H,23,27). The van der Waals surface area contributed by atoms with E-state index in [2.05, 4.69) is 15.7 Å². The highest BCUT2D eigenvalue weighted by atomic mass is 16.3. The fourth-order valence-corrected chi connectivity index (χ4v) is 3.41. The van der Waals surface area contributed by atoms with Gasteiger partial charge in [-0.15, -0.1) is 0 Å². The third-order valence-corrected chi connectivity index (χ3v) is 5.35. The van der Waals surface area contributed by atoms with Crippen molar-refractivity contribution >= 4 is 17.6 Å². The summed E-state index contributed by atoms with van der Waals surface area (Å²) >= 11 is 0. The number of nitrogens with zero attached hydrogens (tertiary/aromatic N) is 2. The van der Waals surface area contributed by atoms with Crippen LogP contribution in [-0.4, -0.2) is 32.9 Å². The molecule has 2 saturated carbocycles. The molecule has 0 radical (unpaired) electrons. The summed E-state index contributed by atoms with van der Waals surface area (Å²) in [6.07, 6.45) is 5.08. The number of aromatic nitrogens is 2. The van der Waals surface area contributed by atoms with Crippen molar-refractivity contribution in [3.8, 4) is 17.0 Å². The zero-order valence-corrected chi connectivity index (χ0v) is 16.2. The number of amides is 2. The van der Waals surface area contributed by atoms with Gasteiger partial charge in [-0.05, 0) is 57.7 Å². The summed E-state index contributed by atoms with van der Waals surface area (Å²) in [5.74, 6) is 0.442. The van der Waals surface area contributed by atoms with Crippen molar-refractivity contribution in [2.24, 2.45) is 5.92 Å². The Morgan fingerprint density at radius 2 is 1.93 bits per heavy atom. The first-order valence-electron chi connectivity index (χ1n) is 9.97. The van der Waals surface area contributed by atoms with Crippen molar-refractivity contribution in [3.05, 3.63) is 30.0 Å². The zero-order valence-electron chi connectivity index (χ0n) is 16.2. The third kappa shape index (κ3) is 3.74.